The Balaban J connectivity index is 1.95. The predicted molar refractivity (Wildman–Crippen MR) is 86.0 cm³/mol. The molecule has 0 amide bonds. The van der Waals surface area contributed by atoms with Gasteiger partial charge in [-0.15, -0.1) is 0 Å². The average molecular weight is 304 g/mol. The van der Waals surface area contributed by atoms with Crippen molar-refractivity contribution in [3.05, 3.63) is 53.6 Å². The fraction of sp³-hybridized carbons (Fsp3) is 0.333. The Kier molecular flexibility index (Phi) is 1.32. The fourth-order valence-corrected chi connectivity index (χ4v) is 2.93. The minimum absolute atomic E-state index is 0.0194. The van der Waals surface area contributed by atoms with E-state index in [1.165, 1.54) is 12.4 Å². The van der Waals surface area contributed by atoms with Crippen LogP contribution in [0.2, 0.25) is 0 Å². The van der Waals surface area contributed by atoms with Gasteiger partial charge in [-0.3, -0.25) is 4.79 Å². The highest BCUT2D eigenvalue weighted by atomic mass is 16.1. The topological polar surface area (TPSA) is 39.8 Å². The summed E-state index contributed by atoms with van der Waals surface area (Å²) in [6.07, 6.45) is 2.57. The van der Waals surface area contributed by atoms with Crippen molar-refractivity contribution < 1.29 is 19.9 Å². The zero-order valence-electron chi connectivity index (χ0n) is 22.5. The first-order chi connectivity index (χ1) is 15.2. The molecular formula is C18H19N3O. The van der Waals surface area contributed by atoms with E-state index in [1.807, 2.05) is 0 Å². The van der Waals surface area contributed by atoms with E-state index in [0.717, 1.165) is 9.13 Å². The van der Waals surface area contributed by atoms with Crippen LogP contribution >= 0.6 is 0 Å². The molecule has 1 aliphatic carbocycles. The molecule has 0 bridgehead atoms. The molecule has 0 fully saturated rings. The molecule has 0 saturated carbocycles. The number of nitrogens with zero attached hydrogens (tertiary/aromatic N) is 3. The number of hydrogen-bond acceptors (Lipinski definition) is 2. The maximum atomic E-state index is 13.6. The van der Waals surface area contributed by atoms with Gasteiger partial charge in [-0.05, 0) is 25.7 Å². The van der Waals surface area contributed by atoms with Crippen molar-refractivity contribution in [1.29, 1.82) is 0 Å². The van der Waals surface area contributed by atoms with Gasteiger partial charge in [0.05, 0.1) is 6.85 Å². The SMILES string of the molecule is [2H]c1c([2H])c([2H])c2c(c1[2H])c1c(n2C([2H])([2H])[2H])CCC(C([2H])n2ccnc2C([2H])([2H])[2H])C1=O. The number of fused-ring (bicyclic) bond motifs is 3. The van der Waals surface area contributed by atoms with Crippen LogP contribution in [-0.4, -0.2) is 19.9 Å². The average Bonchev–Trinajstić information content (AvgIpc) is 3.33. The number of benzene rings is 1. The molecule has 0 radical (unpaired) electrons. The van der Waals surface area contributed by atoms with Crippen molar-refractivity contribution in [2.75, 3.05) is 0 Å². The molecule has 4 rings (SSSR count). The molecule has 2 aromatic heterocycles. The van der Waals surface area contributed by atoms with Gasteiger partial charge in [0.1, 0.15) is 5.82 Å². The van der Waals surface area contributed by atoms with Gasteiger partial charge in [0.2, 0.25) is 0 Å². The van der Waals surface area contributed by atoms with Crippen LogP contribution < -0.4 is 0 Å². The standard InChI is InChI=1S/C18H19N3O/c1-12-19-9-10-21(12)11-13-7-8-16-17(18(13)22)14-5-3-4-6-15(14)20(16)2/h3-6,9-10,13H,7-8,11H2,1-2H3/i1D3,2D3,3D,4D,5D,6D,11D. The smallest absolute Gasteiger partial charge is 0.170 e. The van der Waals surface area contributed by atoms with Gasteiger partial charge in [0.25, 0.3) is 0 Å². The quantitative estimate of drug-likeness (QED) is 0.730. The molecule has 4 heteroatoms. The molecule has 1 aromatic carbocycles. The van der Waals surface area contributed by atoms with Gasteiger partial charge in [0, 0.05) is 62.2 Å². The van der Waals surface area contributed by atoms with Gasteiger partial charge < -0.3 is 9.13 Å². The Morgan fingerprint density at radius 3 is 3.27 bits per heavy atom. The maximum Gasteiger partial charge on any atom is 0.170 e. The number of Topliss-reactive ketones (excluding diaryl/α,β-unsaturated/α-hetero) is 1. The van der Waals surface area contributed by atoms with E-state index in [1.54, 1.807) is 0 Å². The molecule has 0 N–H and O–H groups in total. The molecule has 22 heavy (non-hydrogen) atoms. The van der Waals surface area contributed by atoms with Crippen molar-refractivity contribution in [3.8, 4) is 0 Å². The first kappa shape index (κ1) is 6.03. The number of para-hydroxylation sites is 1. The minimum atomic E-state index is -2.81. The van der Waals surface area contributed by atoms with Crippen LogP contribution in [0.15, 0.2) is 36.6 Å². The van der Waals surface area contributed by atoms with E-state index in [4.69, 9.17) is 15.1 Å². The summed E-state index contributed by atoms with van der Waals surface area (Å²) >= 11 is 0. The van der Waals surface area contributed by atoms with Crippen LogP contribution in [-0.2, 0) is 19.9 Å². The zero-order chi connectivity index (χ0) is 24.6. The van der Waals surface area contributed by atoms with Crippen LogP contribution in [0.3, 0.4) is 0 Å². The highest BCUT2D eigenvalue weighted by Crippen LogP contribution is 2.34. The molecule has 0 spiro atoms. The van der Waals surface area contributed by atoms with Gasteiger partial charge in [-0.1, -0.05) is 18.1 Å². The van der Waals surface area contributed by atoms with E-state index in [2.05, 4.69) is 4.98 Å². The van der Waals surface area contributed by atoms with E-state index in [0.29, 0.717) is 0 Å². The highest BCUT2D eigenvalue weighted by molar-refractivity contribution is 6.11. The lowest BCUT2D eigenvalue weighted by Gasteiger charge is -2.23. The second-order valence-electron chi connectivity index (χ2n) is 5.20. The number of hydrogen-bond donors (Lipinski definition) is 0. The lowest BCUT2D eigenvalue weighted by molar-refractivity contribution is 0.0888. The summed E-state index contributed by atoms with van der Waals surface area (Å²) in [6, 6.07) is -2.32. The minimum Gasteiger partial charge on any atom is -0.347 e. The monoisotopic (exact) mass is 304 g/mol. The Morgan fingerprint density at radius 2 is 2.41 bits per heavy atom. The molecule has 4 nitrogen and oxygen atoms in total. The number of aromatic nitrogens is 3. The lowest BCUT2D eigenvalue weighted by Crippen LogP contribution is -2.27. The summed E-state index contributed by atoms with van der Waals surface area (Å²) in [6.45, 7) is -6.79. The van der Waals surface area contributed by atoms with Crippen LogP contribution in [0.1, 0.15) is 43.4 Å². The molecule has 112 valence electrons. The number of imidazole rings is 1. The van der Waals surface area contributed by atoms with E-state index in [-0.39, 0.29) is 40.8 Å². The number of carbonyl (C=O) groups is 1. The van der Waals surface area contributed by atoms with Crippen LogP contribution in [0, 0.1) is 12.8 Å². The van der Waals surface area contributed by atoms with Crippen molar-refractivity contribution in [2.24, 2.45) is 12.9 Å². The number of rotatable bonds is 2. The third kappa shape index (κ3) is 1.83. The molecule has 0 saturated heterocycles. The Morgan fingerprint density at radius 1 is 1.50 bits per heavy atom. The Hall–Kier alpha value is -2.36. The summed E-state index contributed by atoms with van der Waals surface area (Å²) in [5, 5.41) is -0.198. The molecule has 1 aliphatic rings. The van der Waals surface area contributed by atoms with Crippen molar-refractivity contribution in [2.45, 2.75) is 26.2 Å². The number of ketones is 1. The van der Waals surface area contributed by atoms with Crippen LogP contribution in [0.25, 0.3) is 10.9 Å². The van der Waals surface area contributed by atoms with Crippen molar-refractivity contribution in [1.82, 2.24) is 14.1 Å². The normalized spacial score (nSPS) is 27.7. The highest BCUT2D eigenvalue weighted by Gasteiger charge is 2.32. The largest absolute Gasteiger partial charge is 0.347 e. The van der Waals surface area contributed by atoms with E-state index >= 15 is 0 Å². The second-order valence-corrected chi connectivity index (χ2v) is 5.20. The molecule has 3 aromatic rings. The molecule has 2 atom stereocenters. The van der Waals surface area contributed by atoms with Gasteiger partial charge in [-0.25, -0.2) is 4.98 Å². The molecule has 2 heterocycles. The zero-order valence-corrected chi connectivity index (χ0v) is 11.5. The summed E-state index contributed by atoms with van der Waals surface area (Å²) in [5.74, 6) is -2.09. The summed E-state index contributed by atoms with van der Waals surface area (Å²) < 4.78 is 89.7. The number of aryl methyl sites for hydroxylation is 2. The van der Waals surface area contributed by atoms with E-state index < -0.39 is 56.2 Å². The predicted octanol–water partition coefficient (Wildman–Crippen LogP) is 3.13. The third-order valence-electron chi connectivity index (χ3n) is 3.98. The van der Waals surface area contributed by atoms with Crippen molar-refractivity contribution in [3.63, 3.8) is 0 Å². The molecule has 0 aliphatic heterocycles. The third-order valence-corrected chi connectivity index (χ3v) is 3.98. The van der Waals surface area contributed by atoms with Crippen LogP contribution in [0.5, 0.6) is 0 Å². The van der Waals surface area contributed by atoms with Gasteiger partial charge >= 0.3 is 0 Å². The Labute approximate surface area is 144 Å². The van der Waals surface area contributed by atoms with E-state index in [9.17, 15) is 4.79 Å². The fourth-order valence-electron chi connectivity index (χ4n) is 2.93. The first-order valence-electron chi connectivity index (χ1n) is 12.4. The summed E-state index contributed by atoms with van der Waals surface area (Å²) in [4.78, 5) is 17.4. The van der Waals surface area contributed by atoms with Crippen molar-refractivity contribution >= 4 is 16.7 Å². The lowest BCUT2D eigenvalue weighted by atomic mass is 9.85. The second kappa shape index (κ2) is 4.83. The molecule has 2 unspecified atom stereocenters. The van der Waals surface area contributed by atoms with Crippen LogP contribution in [0.4, 0.5) is 0 Å². The Bertz CT molecular complexity index is 1280. The summed E-state index contributed by atoms with van der Waals surface area (Å²) in [5.41, 5.74) is -0.378. The maximum absolute atomic E-state index is 13.6. The molecular weight excluding hydrogens is 274 g/mol. The van der Waals surface area contributed by atoms with Gasteiger partial charge in [0.15, 0.2) is 5.78 Å². The summed E-state index contributed by atoms with van der Waals surface area (Å²) in [7, 11) is 0. The number of carbonyl (C=O) groups excluding carboxylic acids is 1. The first-order valence-corrected chi connectivity index (χ1v) is 6.81. The van der Waals surface area contributed by atoms with Gasteiger partial charge in [-0.2, -0.15) is 0 Å².